The summed E-state index contributed by atoms with van der Waals surface area (Å²) < 4.78 is 1.90. The SMILES string of the molecule is Cc1cc2nc(CC(=O)c3ccc(C(C)(C)O)cc3)cc(N3CCCCC3)n2n1. The van der Waals surface area contributed by atoms with Crippen LogP contribution < -0.4 is 4.90 Å². The highest BCUT2D eigenvalue weighted by atomic mass is 16.3. The van der Waals surface area contributed by atoms with Crippen molar-refractivity contribution < 1.29 is 9.90 Å². The number of aliphatic hydroxyl groups is 1. The zero-order valence-electron chi connectivity index (χ0n) is 17.4. The molecule has 1 saturated heterocycles. The quantitative estimate of drug-likeness (QED) is 0.671. The zero-order chi connectivity index (χ0) is 20.6. The fourth-order valence-corrected chi connectivity index (χ4v) is 3.89. The normalized spacial score (nSPS) is 15.1. The van der Waals surface area contributed by atoms with Crippen LogP contribution in [0, 0.1) is 6.92 Å². The summed E-state index contributed by atoms with van der Waals surface area (Å²) in [6.45, 7) is 7.44. The highest BCUT2D eigenvalue weighted by molar-refractivity contribution is 5.97. The summed E-state index contributed by atoms with van der Waals surface area (Å²) >= 11 is 0. The van der Waals surface area contributed by atoms with E-state index in [9.17, 15) is 9.90 Å². The minimum atomic E-state index is -0.919. The Morgan fingerprint density at radius 3 is 2.45 bits per heavy atom. The molecule has 1 aliphatic rings. The summed E-state index contributed by atoms with van der Waals surface area (Å²) in [6.07, 6.45) is 3.84. The van der Waals surface area contributed by atoms with Crippen molar-refractivity contribution >= 4 is 17.2 Å². The van der Waals surface area contributed by atoms with Crippen molar-refractivity contribution in [3.8, 4) is 0 Å². The minimum absolute atomic E-state index is 0.0185. The van der Waals surface area contributed by atoms with Crippen LogP contribution in [-0.2, 0) is 12.0 Å². The van der Waals surface area contributed by atoms with E-state index in [1.54, 1.807) is 26.0 Å². The van der Waals surface area contributed by atoms with Gasteiger partial charge in [0.15, 0.2) is 11.4 Å². The molecule has 1 fully saturated rings. The fourth-order valence-electron chi connectivity index (χ4n) is 3.89. The second-order valence-corrected chi connectivity index (χ2v) is 8.45. The van der Waals surface area contributed by atoms with E-state index in [-0.39, 0.29) is 12.2 Å². The number of hydrogen-bond donors (Lipinski definition) is 1. The number of fused-ring (bicyclic) bond motifs is 1. The molecule has 2 aromatic heterocycles. The Morgan fingerprint density at radius 2 is 1.79 bits per heavy atom. The molecule has 0 radical (unpaired) electrons. The smallest absolute Gasteiger partial charge is 0.168 e. The van der Waals surface area contributed by atoms with Gasteiger partial charge in [0.05, 0.1) is 23.4 Å². The monoisotopic (exact) mass is 392 g/mol. The molecule has 1 N–H and O–H groups in total. The third kappa shape index (κ3) is 4.17. The maximum atomic E-state index is 12.9. The van der Waals surface area contributed by atoms with Gasteiger partial charge in [0.2, 0.25) is 0 Å². The number of piperidine rings is 1. The lowest BCUT2D eigenvalue weighted by atomic mass is 9.96. The van der Waals surface area contributed by atoms with Crippen LogP contribution in [0.25, 0.3) is 5.65 Å². The van der Waals surface area contributed by atoms with Crippen molar-refractivity contribution in [3.05, 3.63) is 58.9 Å². The molecule has 6 heteroatoms. The molecule has 0 amide bonds. The maximum Gasteiger partial charge on any atom is 0.168 e. The first-order chi connectivity index (χ1) is 13.8. The largest absolute Gasteiger partial charge is 0.386 e. The van der Waals surface area contributed by atoms with Crippen LogP contribution in [0.15, 0.2) is 36.4 Å². The number of ketones is 1. The average Bonchev–Trinajstić information content (AvgIpc) is 3.07. The van der Waals surface area contributed by atoms with Crippen LogP contribution in [0.3, 0.4) is 0 Å². The number of benzene rings is 1. The van der Waals surface area contributed by atoms with Crippen molar-refractivity contribution in [2.75, 3.05) is 18.0 Å². The third-order valence-electron chi connectivity index (χ3n) is 5.52. The van der Waals surface area contributed by atoms with Crippen molar-refractivity contribution in [2.24, 2.45) is 0 Å². The molecule has 0 bridgehead atoms. The molecule has 6 nitrogen and oxygen atoms in total. The number of Topliss-reactive ketones (excluding diaryl/α,β-unsaturated/α-hetero) is 1. The van der Waals surface area contributed by atoms with E-state index in [1.807, 2.05) is 35.7 Å². The summed E-state index contributed by atoms with van der Waals surface area (Å²) in [5, 5.41) is 14.7. The van der Waals surface area contributed by atoms with Gasteiger partial charge in [0.1, 0.15) is 5.82 Å². The zero-order valence-corrected chi connectivity index (χ0v) is 17.4. The van der Waals surface area contributed by atoms with E-state index in [0.29, 0.717) is 5.56 Å². The van der Waals surface area contributed by atoms with Crippen LogP contribution in [0.4, 0.5) is 5.82 Å². The van der Waals surface area contributed by atoms with Crippen LogP contribution in [0.5, 0.6) is 0 Å². The van der Waals surface area contributed by atoms with Gasteiger partial charge in [-0.05, 0) is 45.6 Å². The van der Waals surface area contributed by atoms with Gasteiger partial charge in [-0.25, -0.2) is 4.98 Å². The molecule has 0 spiro atoms. The van der Waals surface area contributed by atoms with Gasteiger partial charge in [0, 0.05) is 30.8 Å². The second kappa shape index (κ2) is 7.59. The van der Waals surface area contributed by atoms with Crippen LogP contribution in [-0.4, -0.2) is 38.6 Å². The highest BCUT2D eigenvalue weighted by Crippen LogP contribution is 2.24. The van der Waals surface area contributed by atoms with Crippen molar-refractivity contribution in [2.45, 2.75) is 52.1 Å². The lowest BCUT2D eigenvalue weighted by Crippen LogP contribution is -2.31. The van der Waals surface area contributed by atoms with E-state index < -0.39 is 5.60 Å². The Morgan fingerprint density at radius 1 is 1.10 bits per heavy atom. The maximum absolute atomic E-state index is 12.9. The summed E-state index contributed by atoms with van der Waals surface area (Å²) in [7, 11) is 0. The Bertz CT molecular complexity index is 1030. The molecular weight excluding hydrogens is 364 g/mol. The van der Waals surface area contributed by atoms with E-state index in [0.717, 1.165) is 41.5 Å². The van der Waals surface area contributed by atoms with Crippen LogP contribution in [0.2, 0.25) is 0 Å². The first-order valence-corrected chi connectivity index (χ1v) is 10.3. The number of rotatable bonds is 5. The third-order valence-corrected chi connectivity index (χ3v) is 5.52. The lowest BCUT2D eigenvalue weighted by Gasteiger charge is -2.29. The molecule has 0 aliphatic carbocycles. The predicted octanol–water partition coefficient (Wildman–Crippen LogP) is 3.68. The number of aromatic nitrogens is 3. The Balaban J connectivity index is 1.62. The first-order valence-electron chi connectivity index (χ1n) is 10.3. The summed E-state index contributed by atoms with van der Waals surface area (Å²) in [4.78, 5) is 19.9. The summed E-state index contributed by atoms with van der Waals surface area (Å²) in [5.74, 6) is 1.04. The molecule has 4 rings (SSSR count). The Hall–Kier alpha value is -2.73. The van der Waals surface area contributed by atoms with Gasteiger partial charge in [-0.15, -0.1) is 0 Å². The van der Waals surface area contributed by atoms with E-state index in [2.05, 4.69) is 15.0 Å². The van der Waals surface area contributed by atoms with Gasteiger partial charge >= 0.3 is 0 Å². The molecule has 0 unspecified atom stereocenters. The molecule has 1 aromatic carbocycles. The van der Waals surface area contributed by atoms with Crippen LogP contribution >= 0.6 is 0 Å². The minimum Gasteiger partial charge on any atom is -0.386 e. The number of nitrogens with zero attached hydrogens (tertiary/aromatic N) is 4. The predicted molar refractivity (Wildman–Crippen MR) is 114 cm³/mol. The number of carbonyl (C=O) groups is 1. The first kappa shape index (κ1) is 19.6. The molecule has 0 atom stereocenters. The summed E-state index contributed by atoms with van der Waals surface area (Å²) in [6, 6.07) is 11.1. The van der Waals surface area contributed by atoms with Gasteiger partial charge in [0.25, 0.3) is 0 Å². The number of hydrogen-bond acceptors (Lipinski definition) is 5. The molecule has 152 valence electrons. The average molecular weight is 393 g/mol. The standard InChI is InChI=1S/C23H28N4O2/c1-16-13-21-24-19(15-22(27(21)25-16)26-11-5-4-6-12-26)14-20(28)17-7-9-18(10-8-17)23(2,3)29/h7-10,13,15,29H,4-6,11-12,14H2,1-3H3. The van der Waals surface area contributed by atoms with Gasteiger partial charge in [-0.2, -0.15) is 9.61 Å². The fraction of sp³-hybridized carbons (Fsp3) is 0.435. The van der Waals surface area contributed by atoms with Gasteiger partial charge in [-0.3, -0.25) is 4.79 Å². The van der Waals surface area contributed by atoms with Gasteiger partial charge < -0.3 is 10.0 Å². The van der Waals surface area contributed by atoms with E-state index >= 15 is 0 Å². The molecular formula is C23H28N4O2. The highest BCUT2D eigenvalue weighted by Gasteiger charge is 2.19. The van der Waals surface area contributed by atoms with E-state index in [4.69, 9.17) is 0 Å². The van der Waals surface area contributed by atoms with Crippen LogP contribution in [0.1, 0.15) is 60.4 Å². The Labute approximate surface area is 171 Å². The molecule has 29 heavy (non-hydrogen) atoms. The van der Waals surface area contributed by atoms with E-state index in [1.165, 1.54) is 19.3 Å². The number of anilines is 1. The molecule has 3 aromatic rings. The number of carbonyl (C=O) groups excluding carboxylic acids is 1. The second-order valence-electron chi connectivity index (χ2n) is 8.45. The van der Waals surface area contributed by atoms with Gasteiger partial charge in [-0.1, -0.05) is 24.3 Å². The Kier molecular flexibility index (Phi) is 5.13. The van der Waals surface area contributed by atoms with Crippen molar-refractivity contribution in [1.82, 2.24) is 14.6 Å². The van der Waals surface area contributed by atoms with Crippen molar-refractivity contribution in [1.29, 1.82) is 0 Å². The summed E-state index contributed by atoms with van der Waals surface area (Å²) in [5.41, 5.74) is 2.96. The number of aryl methyl sites for hydroxylation is 1. The topological polar surface area (TPSA) is 70.7 Å². The lowest BCUT2D eigenvalue weighted by molar-refractivity contribution is 0.0784. The molecule has 1 aliphatic heterocycles. The van der Waals surface area contributed by atoms with Crippen molar-refractivity contribution in [3.63, 3.8) is 0 Å². The molecule has 0 saturated carbocycles. The molecule has 3 heterocycles.